The van der Waals surface area contributed by atoms with Crippen LogP contribution in [0, 0.1) is 0 Å². The van der Waals surface area contributed by atoms with Crippen LogP contribution < -0.4 is 11.1 Å². The molecule has 3 atom stereocenters. The Morgan fingerprint density at radius 3 is 2.84 bits per heavy atom. The van der Waals surface area contributed by atoms with Gasteiger partial charge in [-0.15, -0.1) is 0 Å². The number of fused-ring (bicyclic) bond motifs is 2. The number of nitrogens with one attached hydrogen (secondary N) is 1. The molecule has 0 aliphatic carbocycles. The predicted molar refractivity (Wildman–Crippen MR) is 75.0 cm³/mol. The van der Waals surface area contributed by atoms with E-state index in [1.165, 1.54) is 0 Å². The molecule has 0 aromatic heterocycles. The smallest absolute Gasteiger partial charge is 0.322 e. The highest BCUT2D eigenvalue weighted by Crippen LogP contribution is 2.25. The average Bonchev–Trinajstić information content (AvgIpc) is 2.84. The van der Waals surface area contributed by atoms with Crippen LogP contribution in [0.25, 0.3) is 0 Å². The molecule has 2 fully saturated rings. The van der Waals surface area contributed by atoms with Crippen molar-refractivity contribution in [2.24, 2.45) is 5.73 Å². The molecule has 2 saturated heterocycles. The third-order valence-electron chi connectivity index (χ3n) is 4.12. The summed E-state index contributed by atoms with van der Waals surface area (Å²) in [6.45, 7) is 3.37. The van der Waals surface area contributed by atoms with Crippen LogP contribution in [0.1, 0.15) is 6.42 Å². The minimum atomic E-state index is -0.00352. The first-order valence-corrected chi connectivity index (χ1v) is 6.84. The van der Waals surface area contributed by atoms with Gasteiger partial charge in [0.1, 0.15) is 0 Å². The zero-order chi connectivity index (χ0) is 13.2. The normalized spacial score (nSPS) is 29.3. The molecule has 5 nitrogen and oxygen atoms in total. The fourth-order valence-corrected chi connectivity index (χ4v) is 3.03. The lowest BCUT2D eigenvalue weighted by Crippen LogP contribution is -2.57. The van der Waals surface area contributed by atoms with E-state index in [0.717, 1.165) is 31.7 Å². The Morgan fingerprint density at radius 2 is 2.11 bits per heavy atom. The maximum atomic E-state index is 12.4. The first-order chi connectivity index (χ1) is 9.28. The lowest BCUT2D eigenvalue weighted by atomic mass is 10.1. The van der Waals surface area contributed by atoms with Crippen molar-refractivity contribution < 1.29 is 4.79 Å². The molecule has 2 heterocycles. The predicted octanol–water partition coefficient (Wildman–Crippen LogP) is 0.936. The summed E-state index contributed by atoms with van der Waals surface area (Å²) in [5.74, 6) is 0. The van der Waals surface area contributed by atoms with Crippen molar-refractivity contribution in [3.63, 3.8) is 0 Å². The van der Waals surface area contributed by atoms with Gasteiger partial charge in [-0.3, -0.25) is 4.90 Å². The van der Waals surface area contributed by atoms with Crippen molar-refractivity contribution >= 4 is 11.7 Å². The van der Waals surface area contributed by atoms with Crippen molar-refractivity contribution in [3.8, 4) is 0 Å². The molecule has 3 N–H and O–H groups in total. The zero-order valence-electron chi connectivity index (χ0n) is 11.0. The Bertz CT molecular complexity index is 450. The van der Waals surface area contributed by atoms with Gasteiger partial charge in [0, 0.05) is 44.0 Å². The number of urea groups is 1. The summed E-state index contributed by atoms with van der Waals surface area (Å²) in [6.07, 6.45) is 1.05. The zero-order valence-corrected chi connectivity index (χ0v) is 11.0. The third-order valence-corrected chi connectivity index (χ3v) is 4.12. The van der Waals surface area contributed by atoms with Gasteiger partial charge in [0.25, 0.3) is 0 Å². The van der Waals surface area contributed by atoms with E-state index in [2.05, 4.69) is 10.2 Å². The van der Waals surface area contributed by atoms with E-state index in [1.54, 1.807) is 0 Å². The number of nitrogens with zero attached hydrogens (tertiary/aromatic N) is 2. The summed E-state index contributed by atoms with van der Waals surface area (Å²) < 4.78 is 0. The second-order valence-electron chi connectivity index (χ2n) is 5.28. The Labute approximate surface area is 113 Å². The SMILES string of the molecule is NC[C@H]1CN(C(=O)Nc2ccccc2)[C@@H]2CCN1C2. The van der Waals surface area contributed by atoms with Crippen LogP contribution in [0.15, 0.2) is 30.3 Å². The molecular weight excluding hydrogens is 240 g/mol. The number of anilines is 1. The highest BCUT2D eigenvalue weighted by atomic mass is 16.2. The number of carbonyl (C=O) groups is 1. The van der Waals surface area contributed by atoms with Gasteiger partial charge in [0.05, 0.1) is 0 Å². The van der Waals surface area contributed by atoms with E-state index < -0.39 is 0 Å². The number of hydrogen-bond donors (Lipinski definition) is 2. The van der Waals surface area contributed by atoms with Gasteiger partial charge in [-0.1, -0.05) is 18.2 Å². The molecule has 1 aromatic carbocycles. The highest BCUT2D eigenvalue weighted by Gasteiger charge is 2.40. The highest BCUT2D eigenvalue weighted by molar-refractivity contribution is 5.89. The van der Waals surface area contributed by atoms with Crippen LogP contribution in [0.2, 0.25) is 0 Å². The molecule has 2 amide bonds. The van der Waals surface area contributed by atoms with Gasteiger partial charge in [-0.05, 0) is 18.6 Å². The largest absolute Gasteiger partial charge is 0.329 e. The van der Waals surface area contributed by atoms with Crippen LogP contribution in [0.4, 0.5) is 10.5 Å². The van der Waals surface area contributed by atoms with E-state index in [9.17, 15) is 4.79 Å². The van der Waals surface area contributed by atoms with Crippen LogP contribution >= 0.6 is 0 Å². The number of carbonyl (C=O) groups excluding carboxylic acids is 1. The minimum Gasteiger partial charge on any atom is -0.329 e. The maximum absolute atomic E-state index is 12.4. The fraction of sp³-hybridized carbons (Fsp3) is 0.500. The second kappa shape index (κ2) is 5.19. The molecule has 102 valence electrons. The van der Waals surface area contributed by atoms with Crippen molar-refractivity contribution in [1.82, 2.24) is 9.80 Å². The number of benzene rings is 1. The van der Waals surface area contributed by atoms with E-state index in [4.69, 9.17) is 5.73 Å². The first-order valence-electron chi connectivity index (χ1n) is 6.84. The van der Waals surface area contributed by atoms with Crippen molar-refractivity contribution in [1.29, 1.82) is 0 Å². The van der Waals surface area contributed by atoms with Crippen molar-refractivity contribution in [2.75, 3.05) is 31.5 Å². The van der Waals surface area contributed by atoms with E-state index in [0.29, 0.717) is 18.6 Å². The molecule has 5 heteroatoms. The van der Waals surface area contributed by atoms with Gasteiger partial charge in [0.15, 0.2) is 0 Å². The van der Waals surface area contributed by atoms with Crippen LogP contribution in [-0.2, 0) is 0 Å². The molecular formula is C14H20N4O. The summed E-state index contributed by atoms with van der Waals surface area (Å²) in [7, 11) is 0. The Balaban J connectivity index is 1.69. The quantitative estimate of drug-likeness (QED) is 0.832. The Kier molecular flexibility index (Phi) is 3.40. The Morgan fingerprint density at radius 1 is 1.32 bits per heavy atom. The van der Waals surface area contributed by atoms with Gasteiger partial charge in [-0.25, -0.2) is 4.79 Å². The molecule has 0 radical (unpaired) electrons. The number of rotatable bonds is 2. The van der Waals surface area contributed by atoms with Crippen molar-refractivity contribution in [2.45, 2.75) is 18.5 Å². The topological polar surface area (TPSA) is 61.6 Å². The van der Waals surface area contributed by atoms with Gasteiger partial charge in [-0.2, -0.15) is 0 Å². The summed E-state index contributed by atoms with van der Waals surface area (Å²) >= 11 is 0. The van der Waals surface area contributed by atoms with Crippen LogP contribution in [0.3, 0.4) is 0 Å². The van der Waals surface area contributed by atoms with Gasteiger partial charge < -0.3 is 16.0 Å². The van der Waals surface area contributed by atoms with Gasteiger partial charge >= 0.3 is 6.03 Å². The monoisotopic (exact) mass is 260 g/mol. The standard InChI is InChI=1S/C14H20N4O/c15-8-13-10-18(12-6-7-17(13)9-12)14(19)16-11-4-2-1-3-5-11/h1-5,12-13H,6-10,15H2,(H,16,19)/t12-,13+/m1/s1. The number of para-hydroxylation sites is 1. The molecule has 0 saturated carbocycles. The second-order valence-corrected chi connectivity index (χ2v) is 5.28. The van der Waals surface area contributed by atoms with E-state index >= 15 is 0 Å². The lowest BCUT2D eigenvalue weighted by molar-refractivity contribution is 0.113. The van der Waals surface area contributed by atoms with Crippen LogP contribution in [0.5, 0.6) is 0 Å². The minimum absolute atomic E-state index is 0.00352. The molecule has 1 unspecified atom stereocenters. The number of amides is 2. The summed E-state index contributed by atoms with van der Waals surface area (Å²) in [4.78, 5) is 16.7. The molecule has 2 aliphatic heterocycles. The van der Waals surface area contributed by atoms with Gasteiger partial charge in [0.2, 0.25) is 0 Å². The summed E-state index contributed by atoms with van der Waals surface area (Å²) in [5, 5.41) is 2.97. The summed E-state index contributed by atoms with van der Waals surface area (Å²) in [5.41, 5.74) is 6.65. The number of hydrogen-bond acceptors (Lipinski definition) is 3. The molecule has 2 aliphatic rings. The molecule has 0 spiro atoms. The van der Waals surface area contributed by atoms with Crippen LogP contribution in [-0.4, -0.2) is 54.1 Å². The maximum Gasteiger partial charge on any atom is 0.322 e. The first kappa shape index (κ1) is 12.4. The summed E-state index contributed by atoms with van der Waals surface area (Å²) in [6, 6.07) is 10.2. The van der Waals surface area contributed by atoms with E-state index in [1.807, 2.05) is 35.2 Å². The number of piperazine rings is 1. The average molecular weight is 260 g/mol. The molecule has 1 aromatic rings. The Hall–Kier alpha value is -1.59. The molecule has 2 bridgehead atoms. The lowest BCUT2D eigenvalue weighted by Gasteiger charge is -2.39. The third kappa shape index (κ3) is 2.43. The van der Waals surface area contributed by atoms with E-state index in [-0.39, 0.29) is 6.03 Å². The number of nitrogens with two attached hydrogens (primary N) is 1. The molecule has 3 rings (SSSR count). The molecule has 19 heavy (non-hydrogen) atoms. The fourth-order valence-electron chi connectivity index (χ4n) is 3.03. The van der Waals surface area contributed by atoms with Crippen molar-refractivity contribution in [3.05, 3.63) is 30.3 Å².